The Kier molecular flexibility index (Phi) is 3.48. The van der Waals surface area contributed by atoms with Crippen LogP contribution in [-0.4, -0.2) is 6.29 Å². The summed E-state index contributed by atoms with van der Waals surface area (Å²) in [6.45, 7) is 4.41. The number of aldehydes is 1. The van der Waals surface area contributed by atoms with Crippen LogP contribution in [0.25, 0.3) is 5.57 Å². The molecule has 102 valence electrons. The molecule has 1 nitrogen and oxygen atoms in total. The van der Waals surface area contributed by atoms with Crippen LogP contribution in [0.5, 0.6) is 0 Å². The number of allylic oxidation sites excluding steroid dienone is 4. The average Bonchev–Trinajstić information content (AvgIpc) is 3.14. The van der Waals surface area contributed by atoms with Crippen LogP contribution < -0.4 is 0 Å². The van der Waals surface area contributed by atoms with Crippen molar-refractivity contribution < 1.29 is 4.79 Å². The molecule has 0 N–H and O–H groups in total. The van der Waals surface area contributed by atoms with Crippen molar-refractivity contribution in [2.45, 2.75) is 19.3 Å². The largest absolute Gasteiger partial charge is 0.298 e. The van der Waals surface area contributed by atoms with Crippen molar-refractivity contribution in [3.05, 3.63) is 62.5 Å². The first-order valence-corrected chi connectivity index (χ1v) is 8.39. The van der Waals surface area contributed by atoms with Gasteiger partial charge in [0.05, 0.1) is 0 Å². The van der Waals surface area contributed by atoms with Gasteiger partial charge in [0.15, 0.2) is 0 Å². The Bertz CT molecular complexity index is 662. The lowest BCUT2D eigenvalue weighted by Gasteiger charge is -2.39. The van der Waals surface area contributed by atoms with Gasteiger partial charge in [0.2, 0.25) is 0 Å². The fourth-order valence-electron chi connectivity index (χ4n) is 2.89. The zero-order chi connectivity index (χ0) is 14.2. The van der Waals surface area contributed by atoms with Crippen LogP contribution in [0.2, 0.25) is 0 Å². The van der Waals surface area contributed by atoms with Gasteiger partial charge >= 0.3 is 0 Å². The molecular weight excluding hydrogens is 284 g/mol. The Morgan fingerprint density at radius 2 is 1.90 bits per heavy atom. The Labute approximate surface area is 127 Å². The van der Waals surface area contributed by atoms with Crippen LogP contribution in [0.15, 0.2) is 52.8 Å². The van der Waals surface area contributed by atoms with Gasteiger partial charge in [-0.3, -0.25) is 4.79 Å². The molecule has 2 heterocycles. The lowest BCUT2D eigenvalue weighted by molar-refractivity contribution is -0.105. The van der Waals surface area contributed by atoms with E-state index in [9.17, 15) is 4.79 Å². The summed E-state index contributed by atoms with van der Waals surface area (Å²) in [6.07, 6.45) is 5.11. The van der Waals surface area contributed by atoms with E-state index in [-0.39, 0.29) is 11.3 Å². The lowest BCUT2D eigenvalue weighted by Crippen LogP contribution is -2.35. The number of carbonyl (C=O) groups excluding carboxylic acids is 1. The van der Waals surface area contributed by atoms with Gasteiger partial charge in [-0.25, -0.2) is 0 Å². The van der Waals surface area contributed by atoms with Crippen LogP contribution in [0, 0.1) is 5.92 Å². The maximum atomic E-state index is 11.5. The molecule has 3 rings (SSSR count). The number of rotatable bonds is 3. The van der Waals surface area contributed by atoms with Crippen molar-refractivity contribution in [1.82, 2.24) is 0 Å². The summed E-state index contributed by atoms with van der Waals surface area (Å²) in [4.78, 5) is 14.1. The van der Waals surface area contributed by atoms with Crippen molar-refractivity contribution in [2.24, 2.45) is 5.92 Å². The average molecular weight is 300 g/mol. The molecule has 1 aliphatic rings. The number of carbonyl (C=O) groups is 1. The quantitative estimate of drug-likeness (QED) is 0.735. The minimum atomic E-state index is -0.232. The van der Waals surface area contributed by atoms with Crippen LogP contribution >= 0.6 is 22.7 Å². The molecule has 2 atom stereocenters. The standard InChI is InChI=1S/C17H16OS2/c1-12-14(15-5-3-9-19-15)8-7-13(11-18)17(12,2)16-6-4-10-20-16/h3-12H,1-2H3. The van der Waals surface area contributed by atoms with Gasteiger partial charge in [-0.1, -0.05) is 31.2 Å². The van der Waals surface area contributed by atoms with E-state index in [1.54, 1.807) is 22.7 Å². The number of thiophene rings is 2. The monoisotopic (exact) mass is 300 g/mol. The van der Waals surface area contributed by atoms with Gasteiger partial charge in [-0.15, -0.1) is 22.7 Å². The third kappa shape index (κ3) is 1.93. The van der Waals surface area contributed by atoms with Gasteiger partial charge in [-0.05, 0) is 41.3 Å². The molecule has 0 aromatic carbocycles. The first kappa shape index (κ1) is 13.5. The first-order valence-electron chi connectivity index (χ1n) is 6.63. The van der Waals surface area contributed by atoms with Gasteiger partial charge in [0.25, 0.3) is 0 Å². The smallest absolute Gasteiger partial charge is 0.146 e. The van der Waals surface area contributed by atoms with Gasteiger partial charge in [-0.2, -0.15) is 0 Å². The number of hydrogen-bond donors (Lipinski definition) is 0. The second-order valence-corrected chi connectivity index (χ2v) is 7.14. The normalized spacial score (nSPS) is 26.0. The van der Waals surface area contributed by atoms with Crippen molar-refractivity contribution in [2.75, 3.05) is 0 Å². The third-order valence-electron chi connectivity index (χ3n) is 4.34. The van der Waals surface area contributed by atoms with Gasteiger partial charge < -0.3 is 0 Å². The minimum absolute atomic E-state index is 0.232. The predicted molar refractivity (Wildman–Crippen MR) is 87.3 cm³/mol. The summed E-state index contributed by atoms with van der Waals surface area (Å²) in [7, 11) is 0. The maximum Gasteiger partial charge on any atom is 0.146 e. The van der Waals surface area contributed by atoms with E-state index in [4.69, 9.17) is 0 Å². The van der Waals surface area contributed by atoms with Crippen LogP contribution in [0.1, 0.15) is 23.6 Å². The van der Waals surface area contributed by atoms with Crippen LogP contribution in [0.3, 0.4) is 0 Å². The molecule has 2 aromatic rings. The van der Waals surface area contributed by atoms with E-state index in [0.717, 1.165) is 11.9 Å². The molecule has 2 unspecified atom stereocenters. The van der Waals surface area contributed by atoms with E-state index in [1.165, 1.54) is 15.3 Å². The van der Waals surface area contributed by atoms with E-state index in [1.807, 2.05) is 6.08 Å². The summed E-state index contributed by atoms with van der Waals surface area (Å²) in [5.74, 6) is 0.282. The number of hydrogen-bond acceptors (Lipinski definition) is 3. The topological polar surface area (TPSA) is 17.1 Å². The fraction of sp³-hybridized carbons (Fsp3) is 0.235. The summed E-state index contributed by atoms with van der Waals surface area (Å²) in [5, 5.41) is 4.18. The molecule has 0 bridgehead atoms. The Morgan fingerprint density at radius 1 is 1.15 bits per heavy atom. The predicted octanol–water partition coefficient (Wildman–Crippen LogP) is 4.93. The first-order chi connectivity index (χ1) is 9.67. The summed E-state index contributed by atoms with van der Waals surface area (Å²) < 4.78 is 0. The zero-order valence-electron chi connectivity index (χ0n) is 11.5. The molecular formula is C17H16OS2. The Hall–Kier alpha value is -1.45. The van der Waals surface area contributed by atoms with Crippen molar-refractivity contribution in [3.8, 4) is 0 Å². The molecule has 0 spiro atoms. The van der Waals surface area contributed by atoms with E-state index in [2.05, 4.69) is 54.9 Å². The summed E-state index contributed by atoms with van der Waals surface area (Å²) in [5.41, 5.74) is 1.96. The highest BCUT2D eigenvalue weighted by Crippen LogP contribution is 2.49. The fourth-order valence-corrected chi connectivity index (χ4v) is 4.73. The van der Waals surface area contributed by atoms with Gasteiger partial charge in [0, 0.05) is 20.7 Å². The molecule has 0 fully saturated rings. The second kappa shape index (κ2) is 5.15. The zero-order valence-corrected chi connectivity index (χ0v) is 13.1. The highest BCUT2D eigenvalue weighted by atomic mass is 32.1. The summed E-state index contributed by atoms with van der Waals surface area (Å²) in [6, 6.07) is 8.43. The van der Waals surface area contributed by atoms with Gasteiger partial charge in [0.1, 0.15) is 6.29 Å². The van der Waals surface area contributed by atoms with E-state index >= 15 is 0 Å². The highest BCUT2D eigenvalue weighted by molar-refractivity contribution is 7.11. The minimum Gasteiger partial charge on any atom is -0.298 e. The van der Waals surface area contributed by atoms with Crippen LogP contribution in [-0.2, 0) is 10.2 Å². The third-order valence-corrected chi connectivity index (χ3v) is 6.37. The summed E-state index contributed by atoms with van der Waals surface area (Å²) >= 11 is 3.48. The van der Waals surface area contributed by atoms with Crippen molar-refractivity contribution in [3.63, 3.8) is 0 Å². The molecule has 0 saturated carbocycles. The highest BCUT2D eigenvalue weighted by Gasteiger charge is 2.41. The lowest BCUT2D eigenvalue weighted by atomic mass is 9.65. The maximum absolute atomic E-state index is 11.5. The van der Waals surface area contributed by atoms with E-state index < -0.39 is 0 Å². The molecule has 1 aliphatic carbocycles. The molecule has 2 aromatic heterocycles. The Balaban J connectivity index is 2.14. The SMILES string of the molecule is CC1C(c2cccs2)=CC=C(C=O)C1(C)c1cccs1. The second-order valence-electron chi connectivity index (χ2n) is 5.24. The van der Waals surface area contributed by atoms with Crippen molar-refractivity contribution in [1.29, 1.82) is 0 Å². The van der Waals surface area contributed by atoms with Crippen molar-refractivity contribution >= 4 is 34.5 Å². The Morgan fingerprint density at radius 3 is 2.50 bits per heavy atom. The molecule has 0 saturated heterocycles. The molecule has 0 radical (unpaired) electrons. The molecule has 0 aliphatic heterocycles. The van der Waals surface area contributed by atoms with E-state index in [0.29, 0.717) is 0 Å². The van der Waals surface area contributed by atoms with Crippen LogP contribution in [0.4, 0.5) is 0 Å². The molecule has 3 heteroatoms. The molecule has 20 heavy (non-hydrogen) atoms. The molecule has 0 amide bonds.